The highest BCUT2D eigenvalue weighted by molar-refractivity contribution is 5.90. The maximum Gasteiger partial charge on any atom is 0.227 e. The topological polar surface area (TPSA) is 34.1 Å². The third-order valence-electron chi connectivity index (χ3n) is 7.26. The molecule has 0 fully saturated rings. The lowest BCUT2D eigenvalue weighted by Gasteiger charge is -2.43. The summed E-state index contributed by atoms with van der Waals surface area (Å²) in [5.74, 6) is 1.60. The molecule has 0 aromatic heterocycles. The number of allylic oxidation sites excluding steroid dienone is 6. The minimum Gasteiger partial charge on any atom is -0.496 e. The third-order valence-corrected chi connectivity index (χ3v) is 7.26. The van der Waals surface area contributed by atoms with E-state index in [1.807, 2.05) is 24.4 Å². The van der Waals surface area contributed by atoms with Crippen molar-refractivity contribution in [2.45, 2.75) is 52.3 Å². The van der Waals surface area contributed by atoms with Gasteiger partial charge in [-0.05, 0) is 68.5 Å². The van der Waals surface area contributed by atoms with Gasteiger partial charge in [0, 0.05) is 23.2 Å². The quantitative estimate of drug-likeness (QED) is 0.531. The van der Waals surface area contributed by atoms with Crippen molar-refractivity contribution in [3.8, 4) is 11.5 Å². The fraction of sp³-hybridized carbons (Fsp3) is 0.345. The molecule has 3 aliphatic rings. The molecule has 2 aromatic rings. The smallest absolute Gasteiger partial charge is 0.227 e. The Morgan fingerprint density at radius 1 is 1.03 bits per heavy atom. The van der Waals surface area contributed by atoms with E-state index in [-0.39, 0.29) is 5.54 Å². The zero-order valence-electron chi connectivity index (χ0n) is 20.4. The van der Waals surface area contributed by atoms with Crippen LogP contribution in [0.2, 0.25) is 0 Å². The van der Waals surface area contributed by atoms with Gasteiger partial charge >= 0.3 is 0 Å². The molecule has 1 atom stereocenters. The standard InChI is InChI=1S/C29H32N2O2/c1-7-31-28(4,5)25-19(2)14-15-20(3)26(25)29(31)18-30-27-23(33-29)17-16-22(32-6)24(27)21-12-10-8-9-11-13-21/h8-12,14-18H,7,13H2,1-6H3. The Morgan fingerprint density at radius 2 is 1.79 bits per heavy atom. The van der Waals surface area contributed by atoms with Crippen LogP contribution in [0, 0.1) is 13.8 Å². The fourth-order valence-corrected chi connectivity index (χ4v) is 5.97. The molecule has 0 saturated carbocycles. The second kappa shape index (κ2) is 7.74. The highest BCUT2D eigenvalue weighted by Gasteiger charge is 2.57. The normalized spacial score (nSPS) is 22.5. The maximum atomic E-state index is 7.00. The number of nitrogens with zero attached hydrogens (tertiary/aromatic N) is 2. The zero-order valence-corrected chi connectivity index (χ0v) is 20.4. The SMILES string of the molecule is CCN1C(C)(C)c2c(C)ccc(C)c2C12C=Nc1c(ccc(OC)c1C1=CC=CC=CC1)O2. The predicted molar refractivity (Wildman–Crippen MR) is 136 cm³/mol. The van der Waals surface area contributed by atoms with Gasteiger partial charge < -0.3 is 9.47 Å². The second-order valence-corrected chi connectivity index (χ2v) is 9.51. The van der Waals surface area contributed by atoms with Crippen LogP contribution in [0.5, 0.6) is 11.5 Å². The minimum absolute atomic E-state index is 0.182. The molecule has 4 heteroatoms. The second-order valence-electron chi connectivity index (χ2n) is 9.51. The molecule has 0 bridgehead atoms. The summed E-state index contributed by atoms with van der Waals surface area (Å²) in [6.45, 7) is 12.0. The number of hydrogen-bond donors (Lipinski definition) is 0. The number of rotatable bonds is 3. The average Bonchev–Trinajstić information content (AvgIpc) is 2.97. The van der Waals surface area contributed by atoms with Gasteiger partial charge in [0.25, 0.3) is 0 Å². The molecule has 33 heavy (non-hydrogen) atoms. The van der Waals surface area contributed by atoms with Crippen LogP contribution in [0.15, 0.2) is 59.6 Å². The number of hydrogen-bond acceptors (Lipinski definition) is 4. The maximum absolute atomic E-state index is 7.00. The van der Waals surface area contributed by atoms with Gasteiger partial charge in [-0.15, -0.1) is 0 Å². The minimum atomic E-state index is -0.736. The van der Waals surface area contributed by atoms with Gasteiger partial charge in [0.2, 0.25) is 5.72 Å². The molecule has 2 aliphatic heterocycles. The van der Waals surface area contributed by atoms with Gasteiger partial charge in [0.05, 0.1) is 13.3 Å². The average molecular weight is 441 g/mol. The van der Waals surface area contributed by atoms with Gasteiger partial charge in [-0.1, -0.05) is 49.4 Å². The van der Waals surface area contributed by atoms with Crippen molar-refractivity contribution in [2.75, 3.05) is 13.7 Å². The number of ether oxygens (including phenoxy) is 2. The molecule has 4 nitrogen and oxygen atoms in total. The lowest BCUT2D eigenvalue weighted by Crippen LogP contribution is -2.54. The Morgan fingerprint density at radius 3 is 2.52 bits per heavy atom. The van der Waals surface area contributed by atoms with E-state index in [1.165, 1.54) is 22.3 Å². The van der Waals surface area contributed by atoms with E-state index >= 15 is 0 Å². The summed E-state index contributed by atoms with van der Waals surface area (Å²) in [7, 11) is 1.71. The van der Waals surface area contributed by atoms with E-state index in [0.29, 0.717) is 0 Å². The molecule has 0 amide bonds. The largest absolute Gasteiger partial charge is 0.496 e. The molecule has 1 spiro atoms. The number of aliphatic imine (C=N–C) groups is 1. The first kappa shape index (κ1) is 21.7. The first-order valence-corrected chi connectivity index (χ1v) is 11.7. The van der Waals surface area contributed by atoms with Crippen molar-refractivity contribution in [2.24, 2.45) is 4.99 Å². The van der Waals surface area contributed by atoms with Gasteiger partial charge in [0.15, 0.2) is 0 Å². The van der Waals surface area contributed by atoms with E-state index in [0.717, 1.165) is 41.3 Å². The summed E-state index contributed by atoms with van der Waals surface area (Å²) in [4.78, 5) is 7.54. The molecule has 2 aromatic carbocycles. The Bertz CT molecular complexity index is 1250. The van der Waals surface area contributed by atoms with Crippen molar-refractivity contribution in [3.63, 3.8) is 0 Å². The van der Waals surface area contributed by atoms with Crippen molar-refractivity contribution < 1.29 is 9.47 Å². The fourth-order valence-electron chi connectivity index (χ4n) is 5.97. The number of fused-ring (bicyclic) bond motifs is 3. The third kappa shape index (κ3) is 3.04. The van der Waals surface area contributed by atoms with Crippen LogP contribution < -0.4 is 9.47 Å². The van der Waals surface area contributed by atoms with Gasteiger partial charge in [-0.2, -0.15) is 0 Å². The van der Waals surface area contributed by atoms with E-state index in [9.17, 15) is 0 Å². The van der Waals surface area contributed by atoms with E-state index in [2.05, 4.69) is 76.0 Å². The monoisotopic (exact) mass is 440 g/mol. The molecule has 0 N–H and O–H groups in total. The van der Waals surface area contributed by atoms with Crippen molar-refractivity contribution in [3.05, 3.63) is 82.5 Å². The summed E-state index contributed by atoms with van der Waals surface area (Å²) in [5.41, 5.74) is 7.16. The van der Waals surface area contributed by atoms with Crippen molar-refractivity contribution in [1.82, 2.24) is 4.90 Å². The first-order valence-electron chi connectivity index (χ1n) is 11.7. The summed E-state index contributed by atoms with van der Waals surface area (Å²) in [6.07, 6.45) is 13.3. The molecule has 5 rings (SSSR count). The predicted octanol–water partition coefficient (Wildman–Crippen LogP) is 6.73. The summed E-state index contributed by atoms with van der Waals surface area (Å²) in [6, 6.07) is 8.43. The highest BCUT2D eigenvalue weighted by Crippen LogP contribution is 2.55. The molecule has 170 valence electrons. The van der Waals surface area contributed by atoms with Gasteiger partial charge in [-0.3, -0.25) is 4.99 Å². The Labute approximate surface area is 196 Å². The Kier molecular flexibility index (Phi) is 5.09. The summed E-state index contributed by atoms with van der Waals surface area (Å²) < 4.78 is 12.8. The van der Waals surface area contributed by atoms with Crippen LogP contribution in [0.4, 0.5) is 5.69 Å². The number of aryl methyl sites for hydroxylation is 2. The molecule has 1 unspecified atom stereocenters. The van der Waals surface area contributed by atoms with Crippen LogP contribution in [0.3, 0.4) is 0 Å². The van der Waals surface area contributed by atoms with Crippen molar-refractivity contribution in [1.29, 1.82) is 0 Å². The Hall–Kier alpha value is -3.11. The molecule has 0 radical (unpaired) electrons. The van der Waals surface area contributed by atoms with Gasteiger partial charge in [0.1, 0.15) is 17.2 Å². The lowest BCUT2D eigenvalue weighted by atomic mass is 9.86. The molecule has 1 aliphatic carbocycles. The summed E-state index contributed by atoms with van der Waals surface area (Å²) >= 11 is 0. The summed E-state index contributed by atoms with van der Waals surface area (Å²) in [5, 5.41) is 0. The van der Waals surface area contributed by atoms with Crippen LogP contribution in [-0.2, 0) is 11.3 Å². The highest BCUT2D eigenvalue weighted by atomic mass is 16.5. The van der Waals surface area contributed by atoms with Crippen LogP contribution in [-0.4, -0.2) is 24.8 Å². The van der Waals surface area contributed by atoms with E-state index in [4.69, 9.17) is 14.5 Å². The van der Waals surface area contributed by atoms with Crippen LogP contribution >= 0.6 is 0 Å². The van der Waals surface area contributed by atoms with Crippen LogP contribution in [0.25, 0.3) is 5.57 Å². The molecular formula is C29H32N2O2. The van der Waals surface area contributed by atoms with E-state index < -0.39 is 5.72 Å². The van der Waals surface area contributed by atoms with Gasteiger partial charge in [-0.25, -0.2) is 4.90 Å². The number of benzene rings is 2. The molecular weight excluding hydrogens is 408 g/mol. The zero-order chi connectivity index (χ0) is 23.4. The van der Waals surface area contributed by atoms with Crippen molar-refractivity contribution >= 4 is 17.5 Å². The molecule has 0 saturated heterocycles. The lowest BCUT2D eigenvalue weighted by molar-refractivity contribution is -0.0638. The van der Waals surface area contributed by atoms with E-state index in [1.54, 1.807) is 7.11 Å². The first-order chi connectivity index (χ1) is 15.8. The molecule has 2 heterocycles. The van der Waals surface area contributed by atoms with Crippen LogP contribution in [0.1, 0.15) is 55.0 Å². The number of methoxy groups -OCH3 is 1. The Balaban J connectivity index is 1.73.